The van der Waals surface area contributed by atoms with E-state index in [1.165, 1.54) is 0 Å². The molecule has 0 bridgehead atoms. The van der Waals surface area contributed by atoms with Crippen LogP contribution in [0.5, 0.6) is 0 Å². The van der Waals surface area contributed by atoms with Gasteiger partial charge >= 0.3 is 6.03 Å². The van der Waals surface area contributed by atoms with E-state index in [0.29, 0.717) is 5.69 Å². The summed E-state index contributed by atoms with van der Waals surface area (Å²) in [6.45, 7) is 0. The van der Waals surface area contributed by atoms with Crippen LogP contribution >= 0.6 is 0 Å². The van der Waals surface area contributed by atoms with E-state index in [0.717, 1.165) is 11.5 Å². The van der Waals surface area contributed by atoms with E-state index in [-0.39, 0.29) is 6.03 Å². The molecule has 0 aliphatic carbocycles. The number of hydrogen-bond donors (Lipinski definition) is 2. The summed E-state index contributed by atoms with van der Waals surface area (Å²) in [4.78, 5) is 20.1. The molecule has 104 valence electrons. The maximum Gasteiger partial charge on any atom is 0.323 e. The minimum atomic E-state index is -0.307. The number of nitrogens with one attached hydrogen (secondary N) is 2. The molecule has 0 spiro atoms. The van der Waals surface area contributed by atoms with Crippen LogP contribution < -0.4 is 10.6 Å². The van der Waals surface area contributed by atoms with E-state index in [9.17, 15) is 4.79 Å². The molecule has 2 amide bonds. The third kappa shape index (κ3) is 3.24. The molecule has 0 radical (unpaired) electrons. The third-order valence-corrected chi connectivity index (χ3v) is 2.81. The summed E-state index contributed by atoms with van der Waals surface area (Å²) in [5.74, 6) is 0.738. The molecule has 0 fully saturated rings. The van der Waals surface area contributed by atoms with Crippen LogP contribution in [-0.2, 0) is 0 Å². The first-order valence-corrected chi connectivity index (χ1v) is 6.39. The standard InChI is InChI=1S/C15H13N5O/c21-15(18-12-4-2-1-3-5-12)19-13-6-7-14(17-10-13)20-9-8-16-11-20/h1-11H,(H2,18,19,21). The second-order valence-corrected chi connectivity index (χ2v) is 4.32. The van der Waals surface area contributed by atoms with Crippen LogP contribution in [0.1, 0.15) is 0 Å². The zero-order valence-corrected chi connectivity index (χ0v) is 11.1. The lowest BCUT2D eigenvalue weighted by molar-refractivity contribution is 0.262. The highest BCUT2D eigenvalue weighted by atomic mass is 16.2. The number of pyridine rings is 1. The zero-order valence-electron chi connectivity index (χ0n) is 11.1. The van der Waals surface area contributed by atoms with Gasteiger partial charge in [-0.2, -0.15) is 0 Å². The first-order valence-electron chi connectivity index (χ1n) is 6.39. The molecule has 0 aliphatic rings. The quantitative estimate of drug-likeness (QED) is 0.774. The van der Waals surface area contributed by atoms with Gasteiger partial charge in [-0.3, -0.25) is 4.57 Å². The maximum absolute atomic E-state index is 11.8. The summed E-state index contributed by atoms with van der Waals surface area (Å²) >= 11 is 0. The van der Waals surface area contributed by atoms with Gasteiger partial charge in [-0.05, 0) is 24.3 Å². The van der Waals surface area contributed by atoms with Crippen LogP contribution in [0.2, 0.25) is 0 Å². The SMILES string of the molecule is O=C(Nc1ccccc1)Nc1ccc(-n2ccnc2)nc1. The summed E-state index contributed by atoms with van der Waals surface area (Å²) in [6.07, 6.45) is 6.75. The van der Waals surface area contributed by atoms with Crippen LogP contribution in [0, 0.1) is 0 Å². The molecule has 0 atom stereocenters. The van der Waals surface area contributed by atoms with Crippen molar-refractivity contribution in [1.29, 1.82) is 0 Å². The van der Waals surface area contributed by atoms with E-state index in [2.05, 4.69) is 20.6 Å². The van der Waals surface area contributed by atoms with Gasteiger partial charge in [0, 0.05) is 18.1 Å². The van der Waals surface area contributed by atoms with Crippen molar-refractivity contribution in [2.75, 3.05) is 10.6 Å². The second-order valence-electron chi connectivity index (χ2n) is 4.32. The molecule has 0 unspecified atom stereocenters. The van der Waals surface area contributed by atoms with Crippen LogP contribution in [-0.4, -0.2) is 20.6 Å². The Bertz CT molecular complexity index is 708. The number of carbonyl (C=O) groups is 1. The van der Waals surface area contributed by atoms with Crippen molar-refractivity contribution >= 4 is 17.4 Å². The molecule has 6 nitrogen and oxygen atoms in total. The molecular formula is C15H13N5O. The van der Waals surface area contributed by atoms with E-state index in [1.54, 1.807) is 41.6 Å². The highest BCUT2D eigenvalue weighted by molar-refractivity contribution is 5.99. The number of para-hydroxylation sites is 1. The fraction of sp³-hybridized carbons (Fsp3) is 0. The summed E-state index contributed by atoms with van der Waals surface area (Å²) < 4.78 is 1.79. The van der Waals surface area contributed by atoms with Gasteiger partial charge in [0.15, 0.2) is 0 Å². The number of nitrogens with zero attached hydrogens (tertiary/aromatic N) is 3. The van der Waals surface area contributed by atoms with Gasteiger partial charge in [0.2, 0.25) is 0 Å². The van der Waals surface area contributed by atoms with Gasteiger partial charge in [0.05, 0.1) is 11.9 Å². The van der Waals surface area contributed by atoms with Crippen molar-refractivity contribution in [3.05, 3.63) is 67.4 Å². The van der Waals surface area contributed by atoms with Crippen molar-refractivity contribution in [3.8, 4) is 5.82 Å². The second kappa shape index (κ2) is 5.87. The lowest BCUT2D eigenvalue weighted by Gasteiger charge is -2.08. The summed E-state index contributed by atoms with van der Waals surface area (Å²) in [7, 11) is 0. The molecule has 2 heterocycles. The van der Waals surface area contributed by atoms with Crippen molar-refractivity contribution in [1.82, 2.24) is 14.5 Å². The van der Waals surface area contributed by atoms with Crippen LogP contribution in [0.25, 0.3) is 5.82 Å². The van der Waals surface area contributed by atoms with Gasteiger partial charge in [-0.1, -0.05) is 18.2 Å². The summed E-state index contributed by atoms with van der Waals surface area (Å²) in [5, 5.41) is 5.46. The first-order chi connectivity index (χ1) is 10.3. The summed E-state index contributed by atoms with van der Waals surface area (Å²) in [5.41, 5.74) is 1.35. The lowest BCUT2D eigenvalue weighted by Crippen LogP contribution is -2.19. The predicted molar refractivity (Wildman–Crippen MR) is 80.4 cm³/mol. The van der Waals surface area contributed by atoms with Crippen LogP contribution in [0.4, 0.5) is 16.2 Å². The van der Waals surface area contributed by atoms with Crippen molar-refractivity contribution in [2.24, 2.45) is 0 Å². The number of benzene rings is 1. The van der Waals surface area contributed by atoms with E-state index >= 15 is 0 Å². The Balaban J connectivity index is 1.64. The molecule has 3 rings (SSSR count). The van der Waals surface area contributed by atoms with Crippen molar-refractivity contribution in [2.45, 2.75) is 0 Å². The zero-order chi connectivity index (χ0) is 14.5. The smallest absolute Gasteiger partial charge is 0.308 e. The minimum Gasteiger partial charge on any atom is -0.308 e. The van der Waals surface area contributed by atoms with E-state index in [4.69, 9.17) is 0 Å². The Morgan fingerprint density at radius 3 is 2.48 bits per heavy atom. The number of rotatable bonds is 3. The molecule has 2 aromatic heterocycles. The predicted octanol–water partition coefficient (Wildman–Crippen LogP) is 2.91. The third-order valence-electron chi connectivity index (χ3n) is 2.81. The largest absolute Gasteiger partial charge is 0.323 e. The Morgan fingerprint density at radius 1 is 1.00 bits per heavy atom. The average Bonchev–Trinajstić information content (AvgIpc) is 3.03. The van der Waals surface area contributed by atoms with Gasteiger partial charge in [-0.25, -0.2) is 14.8 Å². The number of anilines is 2. The van der Waals surface area contributed by atoms with Crippen LogP contribution in [0.15, 0.2) is 67.4 Å². The Morgan fingerprint density at radius 2 is 1.81 bits per heavy atom. The lowest BCUT2D eigenvalue weighted by atomic mass is 10.3. The molecule has 6 heteroatoms. The minimum absolute atomic E-state index is 0.307. The first kappa shape index (κ1) is 12.9. The maximum atomic E-state index is 11.8. The Hall–Kier alpha value is -3.15. The molecule has 2 N–H and O–H groups in total. The number of hydrogen-bond acceptors (Lipinski definition) is 3. The number of imidazole rings is 1. The van der Waals surface area contributed by atoms with Gasteiger partial charge < -0.3 is 10.6 Å². The monoisotopic (exact) mass is 279 g/mol. The topological polar surface area (TPSA) is 71.8 Å². The highest BCUT2D eigenvalue weighted by Gasteiger charge is 2.03. The Kier molecular flexibility index (Phi) is 3.60. The normalized spacial score (nSPS) is 10.1. The van der Waals surface area contributed by atoms with Crippen molar-refractivity contribution in [3.63, 3.8) is 0 Å². The summed E-state index contributed by atoms with van der Waals surface area (Å²) in [6, 6.07) is 12.5. The van der Waals surface area contributed by atoms with Crippen molar-refractivity contribution < 1.29 is 4.79 Å². The molecule has 0 aliphatic heterocycles. The number of amides is 2. The van der Waals surface area contributed by atoms with Gasteiger partial charge in [0.1, 0.15) is 12.1 Å². The highest BCUT2D eigenvalue weighted by Crippen LogP contribution is 2.11. The van der Waals surface area contributed by atoms with Crippen LogP contribution in [0.3, 0.4) is 0 Å². The van der Waals surface area contributed by atoms with Gasteiger partial charge in [-0.15, -0.1) is 0 Å². The molecule has 1 aromatic carbocycles. The fourth-order valence-electron chi connectivity index (χ4n) is 1.82. The van der Waals surface area contributed by atoms with E-state index < -0.39 is 0 Å². The average molecular weight is 279 g/mol. The van der Waals surface area contributed by atoms with E-state index in [1.807, 2.05) is 30.3 Å². The molecule has 3 aromatic rings. The Labute approximate surface area is 121 Å². The number of carbonyl (C=O) groups excluding carboxylic acids is 1. The van der Waals surface area contributed by atoms with Gasteiger partial charge in [0.25, 0.3) is 0 Å². The molecule has 21 heavy (non-hydrogen) atoms. The number of aromatic nitrogens is 3. The molecule has 0 saturated heterocycles. The molecular weight excluding hydrogens is 266 g/mol. The molecule has 0 saturated carbocycles. The number of urea groups is 1. The fourth-order valence-corrected chi connectivity index (χ4v) is 1.82.